The van der Waals surface area contributed by atoms with Gasteiger partial charge in [-0.3, -0.25) is 0 Å². The van der Waals surface area contributed by atoms with Crippen molar-refractivity contribution in [1.29, 1.82) is 0 Å². The number of carbonyl (C=O) groups is 2. The van der Waals surface area contributed by atoms with E-state index in [1.54, 1.807) is 6.07 Å². The van der Waals surface area contributed by atoms with Crippen molar-refractivity contribution in [3.05, 3.63) is 77.4 Å². The highest BCUT2D eigenvalue weighted by molar-refractivity contribution is 5.92. The van der Waals surface area contributed by atoms with Crippen molar-refractivity contribution in [2.24, 2.45) is 0 Å². The van der Waals surface area contributed by atoms with Gasteiger partial charge in [0, 0.05) is 29.9 Å². The van der Waals surface area contributed by atoms with E-state index in [2.05, 4.69) is 24.8 Å². The molecular formula is C22H19F3N4O4. The zero-order chi connectivity index (χ0) is 23.6. The van der Waals surface area contributed by atoms with E-state index in [0.29, 0.717) is 23.4 Å². The first kappa shape index (κ1) is 22.2. The van der Waals surface area contributed by atoms with Crippen LogP contribution in [-0.2, 0) is 11.2 Å². The standard InChI is InChI=1S/C22H19F3N4O4/c1-32-20(30)13-6-8-14(9-7-13)28-21(31)29-11-10-16-18(27-12-26-16)19(29)15-4-2-3-5-17(15)33-22(23,24)25/h2-9,12,19H,10-11H2,1H3,(H,26,27)(H,28,31). The minimum absolute atomic E-state index is 0.152. The number of aromatic amines is 1. The van der Waals surface area contributed by atoms with E-state index < -0.39 is 30.2 Å². The quantitative estimate of drug-likeness (QED) is 0.567. The highest BCUT2D eigenvalue weighted by Crippen LogP contribution is 2.39. The van der Waals surface area contributed by atoms with Gasteiger partial charge < -0.3 is 24.7 Å². The molecule has 8 nitrogen and oxygen atoms in total. The Morgan fingerprint density at radius 1 is 1.15 bits per heavy atom. The molecule has 11 heteroatoms. The van der Waals surface area contributed by atoms with Gasteiger partial charge in [-0.1, -0.05) is 18.2 Å². The number of fused-ring (bicyclic) bond motifs is 1. The number of nitrogens with one attached hydrogen (secondary N) is 2. The monoisotopic (exact) mass is 460 g/mol. The number of amides is 2. The summed E-state index contributed by atoms with van der Waals surface area (Å²) in [6, 6.07) is 10.3. The van der Waals surface area contributed by atoms with Crippen LogP contribution in [0.3, 0.4) is 0 Å². The number of alkyl halides is 3. The number of benzene rings is 2. The average molecular weight is 460 g/mol. The van der Waals surface area contributed by atoms with Gasteiger partial charge in [0.05, 0.1) is 24.7 Å². The number of para-hydroxylation sites is 1. The highest BCUT2D eigenvalue weighted by atomic mass is 19.4. The zero-order valence-electron chi connectivity index (χ0n) is 17.3. The number of anilines is 1. The largest absolute Gasteiger partial charge is 0.573 e. The van der Waals surface area contributed by atoms with Crippen molar-refractivity contribution >= 4 is 17.7 Å². The molecule has 1 aliphatic heterocycles. The number of halogens is 3. The summed E-state index contributed by atoms with van der Waals surface area (Å²) in [6.07, 6.45) is -3.01. The molecular weight excluding hydrogens is 441 g/mol. The fraction of sp³-hybridized carbons (Fsp3) is 0.227. The molecule has 0 fully saturated rings. The summed E-state index contributed by atoms with van der Waals surface area (Å²) in [5.74, 6) is -0.928. The predicted octanol–water partition coefficient (Wildman–Crippen LogP) is 4.27. The SMILES string of the molecule is COC(=O)c1ccc(NC(=O)N2CCc3[nH]cnc3C2c2ccccc2OC(F)(F)F)cc1. The van der Waals surface area contributed by atoms with Gasteiger partial charge in [-0.25, -0.2) is 14.6 Å². The maximum absolute atomic E-state index is 13.2. The minimum Gasteiger partial charge on any atom is -0.465 e. The zero-order valence-corrected chi connectivity index (χ0v) is 17.3. The molecule has 2 heterocycles. The number of aromatic nitrogens is 2. The first-order valence-corrected chi connectivity index (χ1v) is 9.89. The van der Waals surface area contributed by atoms with E-state index in [0.717, 1.165) is 5.69 Å². The van der Waals surface area contributed by atoms with Gasteiger partial charge in [0.2, 0.25) is 0 Å². The minimum atomic E-state index is -4.90. The summed E-state index contributed by atoms with van der Waals surface area (Å²) in [4.78, 5) is 33.4. The molecule has 33 heavy (non-hydrogen) atoms. The predicted molar refractivity (Wildman–Crippen MR) is 111 cm³/mol. The molecule has 0 radical (unpaired) electrons. The van der Waals surface area contributed by atoms with Crippen LogP contribution in [0.4, 0.5) is 23.7 Å². The number of carbonyl (C=O) groups excluding carboxylic acids is 2. The molecule has 1 unspecified atom stereocenters. The van der Waals surface area contributed by atoms with E-state index in [1.807, 2.05) is 0 Å². The average Bonchev–Trinajstić information content (AvgIpc) is 3.27. The number of nitrogens with zero attached hydrogens (tertiary/aromatic N) is 2. The normalized spacial score (nSPS) is 15.5. The fourth-order valence-electron chi connectivity index (χ4n) is 3.74. The Kier molecular flexibility index (Phi) is 5.95. The number of rotatable bonds is 4. The number of hydrogen-bond acceptors (Lipinski definition) is 5. The first-order valence-electron chi connectivity index (χ1n) is 9.89. The molecule has 0 saturated carbocycles. The van der Waals surface area contributed by atoms with E-state index in [4.69, 9.17) is 0 Å². The molecule has 1 aliphatic rings. The third-order valence-electron chi connectivity index (χ3n) is 5.18. The molecule has 2 amide bonds. The first-order chi connectivity index (χ1) is 15.8. The van der Waals surface area contributed by atoms with Gasteiger partial charge in [0.15, 0.2) is 0 Å². The third-order valence-corrected chi connectivity index (χ3v) is 5.18. The van der Waals surface area contributed by atoms with Crippen molar-refractivity contribution in [3.8, 4) is 5.75 Å². The Labute approximate surface area is 186 Å². The van der Waals surface area contributed by atoms with Crippen LogP contribution in [0.1, 0.15) is 33.4 Å². The molecule has 2 aromatic carbocycles. The van der Waals surface area contributed by atoms with Gasteiger partial charge in [0.1, 0.15) is 11.8 Å². The van der Waals surface area contributed by atoms with E-state index in [1.165, 1.54) is 60.8 Å². The molecule has 0 saturated heterocycles. The number of imidazole rings is 1. The van der Waals surface area contributed by atoms with Crippen molar-refractivity contribution < 1.29 is 32.2 Å². The summed E-state index contributed by atoms with van der Waals surface area (Å²) in [5.41, 5.74) is 2.04. The summed E-state index contributed by atoms with van der Waals surface area (Å²) in [6.45, 7) is 0.228. The van der Waals surface area contributed by atoms with Gasteiger partial charge in [0.25, 0.3) is 0 Å². The summed E-state index contributed by atoms with van der Waals surface area (Å²) in [5, 5.41) is 2.72. The Hall–Kier alpha value is -4.02. The van der Waals surface area contributed by atoms with E-state index >= 15 is 0 Å². The van der Waals surface area contributed by atoms with Crippen LogP contribution in [0.2, 0.25) is 0 Å². The lowest BCUT2D eigenvalue weighted by atomic mass is 9.95. The molecule has 4 rings (SSSR count). The Balaban J connectivity index is 1.65. The smallest absolute Gasteiger partial charge is 0.465 e. The summed E-state index contributed by atoms with van der Waals surface area (Å²) < 4.78 is 47.9. The molecule has 2 N–H and O–H groups in total. The van der Waals surface area contributed by atoms with Crippen LogP contribution in [0.5, 0.6) is 5.75 Å². The molecule has 3 aromatic rings. The van der Waals surface area contributed by atoms with Gasteiger partial charge in [-0.05, 0) is 30.3 Å². The van der Waals surface area contributed by atoms with Crippen LogP contribution < -0.4 is 10.1 Å². The maximum Gasteiger partial charge on any atom is 0.573 e. The fourth-order valence-corrected chi connectivity index (χ4v) is 3.74. The Bertz CT molecular complexity index is 1160. The topological polar surface area (TPSA) is 96.6 Å². The number of H-pyrrole nitrogens is 1. The number of urea groups is 1. The van der Waals surface area contributed by atoms with Crippen molar-refractivity contribution in [2.45, 2.75) is 18.8 Å². The molecule has 1 aromatic heterocycles. The second-order valence-corrected chi connectivity index (χ2v) is 7.20. The molecule has 0 spiro atoms. The van der Waals surface area contributed by atoms with Crippen LogP contribution in [0, 0.1) is 0 Å². The van der Waals surface area contributed by atoms with Gasteiger partial charge in [-0.15, -0.1) is 13.2 Å². The number of methoxy groups -OCH3 is 1. The Morgan fingerprint density at radius 2 is 1.88 bits per heavy atom. The summed E-state index contributed by atoms with van der Waals surface area (Å²) >= 11 is 0. The number of esters is 1. The van der Waals surface area contributed by atoms with Crippen molar-refractivity contribution in [2.75, 3.05) is 19.0 Å². The van der Waals surface area contributed by atoms with Gasteiger partial charge >= 0.3 is 18.4 Å². The molecule has 0 aliphatic carbocycles. The van der Waals surface area contributed by atoms with Crippen LogP contribution >= 0.6 is 0 Å². The number of hydrogen-bond donors (Lipinski definition) is 2. The number of ether oxygens (including phenoxy) is 2. The van der Waals surface area contributed by atoms with Crippen LogP contribution in [0.15, 0.2) is 54.9 Å². The van der Waals surface area contributed by atoms with Gasteiger partial charge in [-0.2, -0.15) is 0 Å². The molecule has 0 bridgehead atoms. The third kappa shape index (κ3) is 4.76. The van der Waals surface area contributed by atoms with Crippen LogP contribution in [0.25, 0.3) is 0 Å². The summed E-state index contributed by atoms with van der Waals surface area (Å²) in [7, 11) is 1.26. The van der Waals surface area contributed by atoms with Crippen molar-refractivity contribution in [1.82, 2.24) is 14.9 Å². The van der Waals surface area contributed by atoms with E-state index in [9.17, 15) is 22.8 Å². The molecule has 172 valence electrons. The lowest BCUT2D eigenvalue weighted by Gasteiger charge is -2.36. The lowest BCUT2D eigenvalue weighted by molar-refractivity contribution is -0.275. The maximum atomic E-state index is 13.2. The second kappa shape index (κ2) is 8.85. The lowest BCUT2D eigenvalue weighted by Crippen LogP contribution is -2.43. The van der Waals surface area contributed by atoms with Crippen molar-refractivity contribution in [3.63, 3.8) is 0 Å². The second-order valence-electron chi connectivity index (χ2n) is 7.20. The Morgan fingerprint density at radius 3 is 2.58 bits per heavy atom. The highest BCUT2D eigenvalue weighted by Gasteiger charge is 2.38. The van der Waals surface area contributed by atoms with Crippen LogP contribution in [-0.4, -0.2) is 46.9 Å². The molecule has 1 atom stereocenters. The van der Waals surface area contributed by atoms with E-state index in [-0.39, 0.29) is 12.1 Å².